The van der Waals surface area contributed by atoms with E-state index in [9.17, 15) is 15.0 Å². The molecule has 0 radical (unpaired) electrons. The number of amides is 1. The molecule has 0 aromatic heterocycles. The third-order valence-electron chi connectivity index (χ3n) is 10.3. The molecule has 0 bridgehead atoms. The standard InChI is InChI=1S/C53H91NO3/c1-3-5-7-9-11-13-15-17-18-19-20-21-22-23-24-25-26-27-28-29-30-31-32-33-34-35-36-37-39-41-43-45-47-49-53(57)54-51(50-55)52(56)48-46-44-42-40-38-16-14-12-10-8-6-4-2/h5,7,11,13,17-18,20-21,23-24,26-27,38,40,46,48,51-52,55-56H,3-4,6,8-10,12,14-16,19,22,25,28-37,39,41-45,47,49-50H2,1-2H3,(H,54,57)/b7-5-,13-11-,18-17-,21-20-,24-23-,27-26-,40-38+,48-46+. The van der Waals surface area contributed by atoms with E-state index in [1.807, 2.05) is 6.08 Å². The van der Waals surface area contributed by atoms with Crippen molar-refractivity contribution >= 4 is 5.91 Å². The van der Waals surface area contributed by atoms with Crippen LogP contribution in [-0.4, -0.2) is 34.9 Å². The average Bonchev–Trinajstić information content (AvgIpc) is 3.22. The Kier molecular flexibility index (Phi) is 45.4. The highest BCUT2D eigenvalue weighted by atomic mass is 16.3. The lowest BCUT2D eigenvalue weighted by molar-refractivity contribution is -0.123. The van der Waals surface area contributed by atoms with Crippen LogP contribution in [0.5, 0.6) is 0 Å². The minimum absolute atomic E-state index is 0.0796. The lowest BCUT2D eigenvalue weighted by atomic mass is 10.0. The van der Waals surface area contributed by atoms with Crippen LogP contribution in [0.15, 0.2) is 97.2 Å². The van der Waals surface area contributed by atoms with Gasteiger partial charge in [-0.2, -0.15) is 0 Å². The summed E-state index contributed by atoms with van der Waals surface area (Å²) >= 11 is 0. The van der Waals surface area contributed by atoms with E-state index in [4.69, 9.17) is 0 Å². The molecule has 0 heterocycles. The van der Waals surface area contributed by atoms with Gasteiger partial charge in [0.25, 0.3) is 0 Å². The van der Waals surface area contributed by atoms with Gasteiger partial charge in [0.05, 0.1) is 18.8 Å². The Balaban J connectivity index is 3.55. The number of hydrogen-bond acceptors (Lipinski definition) is 3. The van der Waals surface area contributed by atoms with Gasteiger partial charge in [-0.3, -0.25) is 4.79 Å². The second kappa shape index (κ2) is 47.7. The number of rotatable bonds is 42. The zero-order valence-electron chi connectivity index (χ0n) is 37.3. The van der Waals surface area contributed by atoms with Crippen LogP contribution in [0.3, 0.4) is 0 Å². The fourth-order valence-electron chi connectivity index (χ4n) is 6.67. The Morgan fingerprint density at radius 1 is 0.439 bits per heavy atom. The van der Waals surface area contributed by atoms with Gasteiger partial charge in [-0.05, 0) is 83.5 Å². The molecule has 0 aromatic carbocycles. The van der Waals surface area contributed by atoms with E-state index in [1.54, 1.807) is 6.08 Å². The monoisotopic (exact) mass is 790 g/mol. The number of allylic oxidation sites excluding steroid dienone is 15. The summed E-state index contributed by atoms with van der Waals surface area (Å²) < 4.78 is 0. The van der Waals surface area contributed by atoms with E-state index in [-0.39, 0.29) is 12.5 Å². The maximum absolute atomic E-state index is 12.4. The molecule has 2 unspecified atom stereocenters. The largest absolute Gasteiger partial charge is 0.394 e. The van der Waals surface area contributed by atoms with Crippen molar-refractivity contribution in [2.75, 3.05) is 6.61 Å². The van der Waals surface area contributed by atoms with Crippen molar-refractivity contribution in [1.29, 1.82) is 0 Å². The van der Waals surface area contributed by atoms with E-state index >= 15 is 0 Å². The fourth-order valence-corrected chi connectivity index (χ4v) is 6.67. The predicted octanol–water partition coefficient (Wildman–Crippen LogP) is 15.4. The molecule has 326 valence electrons. The summed E-state index contributed by atoms with van der Waals surface area (Å²) in [6.45, 7) is 4.15. The second-order valence-corrected chi connectivity index (χ2v) is 15.8. The first-order valence-electron chi connectivity index (χ1n) is 24.0. The normalized spacial score (nSPS) is 13.8. The van der Waals surface area contributed by atoms with Crippen molar-refractivity contribution < 1.29 is 15.0 Å². The molecule has 0 aliphatic carbocycles. The average molecular weight is 790 g/mol. The Bertz CT molecular complexity index is 1080. The van der Waals surface area contributed by atoms with Gasteiger partial charge in [-0.25, -0.2) is 0 Å². The SMILES string of the molecule is CC/C=C\C/C=C\C/C=C\C/C=C\C/C=C\C/C=C\CCCCCCCCCCCCCCCCC(=O)NC(CO)C(O)/C=C/CC/C=C/CCCCCCCC. The topological polar surface area (TPSA) is 69.6 Å². The first-order valence-corrected chi connectivity index (χ1v) is 24.0. The van der Waals surface area contributed by atoms with Crippen molar-refractivity contribution in [2.24, 2.45) is 0 Å². The Morgan fingerprint density at radius 3 is 1.23 bits per heavy atom. The van der Waals surface area contributed by atoms with Crippen molar-refractivity contribution in [3.63, 3.8) is 0 Å². The minimum Gasteiger partial charge on any atom is -0.394 e. The zero-order valence-corrected chi connectivity index (χ0v) is 37.3. The zero-order chi connectivity index (χ0) is 41.4. The summed E-state index contributed by atoms with van der Waals surface area (Å²) in [4.78, 5) is 12.4. The molecule has 0 rings (SSSR count). The number of carbonyl (C=O) groups excluding carboxylic acids is 1. The third kappa shape index (κ3) is 44.3. The molecular weight excluding hydrogens is 699 g/mol. The predicted molar refractivity (Wildman–Crippen MR) is 253 cm³/mol. The van der Waals surface area contributed by atoms with Crippen LogP contribution < -0.4 is 5.32 Å². The molecule has 0 saturated carbocycles. The molecule has 0 aliphatic rings. The summed E-state index contributed by atoms with van der Waals surface area (Å²) in [7, 11) is 0. The quantitative estimate of drug-likeness (QED) is 0.0426. The summed E-state index contributed by atoms with van der Waals surface area (Å²) in [6.07, 6.45) is 71.1. The van der Waals surface area contributed by atoms with Crippen LogP contribution in [0, 0.1) is 0 Å². The van der Waals surface area contributed by atoms with Crippen LogP contribution >= 0.6 is 0 Å². The van der Waals surface area contributed by atoms with Crippen molar-refractivity contribution in [2.45, 2.75) is 225 Å². The molecular formula is C53H91NO3. The molecule has 1 amide bonds. The van der Waals surface area contributed by atoms with Gasteiger partial charge in [0.2, 0.25) is 5.91 Å². The maximum Gasteiger partial charge on any atom is 0.220 e. The van der Waals surface area contributed by atoms with Gasteiger partial charge >= 0.3 is 0 Å². The summed E-state index contributed by atoms with van der Waals surface area (Å²) in [6, 6.07) is -0.643. The van der Waals surface area contributed by atoms with Crippen LogP contribution in [0.25, 0.3) is 0 Å². The van der Waals surface area contributed by atoms with Gasteiger partial charge in [-0.1, -0.05) is 220 Å². The lowest BCUT2D eigenvalue weighted by Gasteiger charge is -2.19. The minimum atomic E-state index is -0.865. The highest BCUT2D eigenvalue weighted by molar-refractivity contribution is 5.76. The van der Waals surface area contributed by atoms with E-state index in [0.717, 1.165) is 70.6 Å². The first-order chi connectivity index (χ1) is 28.2. The van der Waals surface area contributed by atoms with Gasteiger partial charge in [0.1, 0.15) is 0 Å². The van der Waals surface area contributed by atoms with E-state index in [1.165, 1.54) is 122 Å². The molecule has 57 heavy (non-hydrogen) atoms. The Hall–Kier alpha value is -2.69. The summed E-state index contributed by atoms with van der Waals surface area (Å²) in [5.41, 5.74) is 0. The lowest BCUT2D eigenvalue weighted by Crippen LogP contribution is -2.45. The van der Waals surface area contributed by atoms with Gasteiger partial charge in [0, 0.05) is 6.42 Å². The highest BCUT2D eigenvalue weighted by Gasteiger charge is 2.17. The van der Waals surface area contributed by atoms with E-state index in [0.29, 0.717) is 6.42 Å². The van der Waals surface area contributed by atoms with Crippen LogP contribution in [-0.2, 0) is 4.79 Å². The van der Waals surface area contributed by atoms with Gasteiger partial charge in [-0.15, -0.1) is 0 Å². The van der Waals surface area contributed by atoms with Gasteiger partial charge in [0.15, 0.2) is 0 Å². The van der Waals surface area contributed by atoms with Crippen molar-refractivity contribution in [3.05, 3.63) is 97.2 Å². The molecule has 0 aliphatic heterocycles. The fraction of sp³-hybridized carbons (Fsp3) is 0.679. The third-order valence-corrected chi connectivity index (χ3v) is 10.3. The molecule has 2 atom stereocenters. The molecule has 0 fully saturated rings. The smallest absolute Gasteiger partial charge is 0.220 e. The summed E-state index contributed by atoms with van der Waals surface area (Å²) in [5.74, 6) is -0.0796. The van der Waals surface area contributed by atoms with E-state index in [2.05, 4.69) is 104 Å². The van der Waals surface area contributed by atoms with Crippen molar-refractivity contribution in [3.8, 4) is 0 Å². The molecule has 0 aromatic rings. The molecule has 0 saturated heterocycles. The second-order valence-electron chi connectivity index (χ2n) is 15.8. The van der Waals surface area contributed by atoms with Crippen LogP contribution in [0.4, 0.5) is 0 Å². The number of nitrogens with one attached hydrogen (secondary N) is 1. The molecule has 4 nitrogen and oxygen atoms in total. The first kappa shape index (κ1) is 54.3. The van der Waals surface area contributed by atoms with Crippen molar-refractivity contribution in [1.82, 2.24) is 5.32 Å². The van der Waals surface area contributed by atoms with Crippen LogP contribution in [0.1, 0.15) is 213 Å². The van der Waals surface area contributed by atoms with E-state index < -0.39 is 12.1 Å². The number of aliphatic hydroxyl groups excluding tert-OH is 2. The Morgan fingerprint density at radius 2 is 0.789 bits per heavy atom. The highest BCUT2D eigenvalue weighted by Crippen LogP contribution is 2.14. The molecule has 4 heteroatoms. The summed E-state index contributed by atoms with van der Waals surface area (Å²) in [5, 5.41) is 23.0. The number of aliphatic hydroxyl groups is 2. The molecule has 3 N–H and O–H groups in total. The number of unbranched alkanes of at least 4 members (excludes halogenated alkanes) is 21. The number of carbonyl (C=O) groups is 1. The molecule has 0 spiro atoms. The van der Waals surface area contributed by atoms with Gasteiger partial charge < -0.3 is 15.5 Å². The number of hydrogen-bond donors (Lipinski definition) is 3. The maximum atomic E-state index is 12.4. The van der Waals surface area contributed by atoms with Crippen LogP contribution in [0.2, 0.25) is 0 Å². The Labute approximate surface area is 353 Å².